The van der Waals surface area contributed by atoms with E-state index in [1.807, 2.05) is 12.4 Å². The molecule has 4 nitrogen and oxygen atoms in total. The number of hydrogen-bond donors (Lipinski definition) is 1. The van der Waals surface area contributed by atoms with E-state index in [-0.39, 0.29) is 0 Å². The highest BCUT2D eigenvalue weighted by molar-refractivity contribution is 5.28. The van der Waals surface area contributed by atoms with E-state index in [0.29, 0.717) is 6.54 Å². The normalized spacial score (nSPS) is 16.6. The van der Waals surface area contributed by atoms with Crippen LogP contribution in [0.5, 0.6) is 0 Å². The molecule has 2 rings (SSSR count). The lowest BCUT2D eigenvalue weighted by atomic mass is 10.1. The van der Waals surface area contributed by atoms with Gasteiger partial charge in [0.1, 0.15) is 0 Å². The van der Waals surface area contributed by atoms with Crippen LogP contribution < -0.4 is 10.6 Å². The molecule has 0 saturated heterocycles. The van der Waals surface area contributed by atoms with Crippen molar-refractivity contribution in [3.63, 3.8) is 0 Å². The van der Waals surface area contributed by atoms with Gasteiger partial charge in [-0.2, -0.15) is 0 Å². The maximum absolute atomic E-state index is 5.51. The molecule has 0 atom stereocenters. The van der Waals surface area contributed by atoms with Gasteiger partial charge in [-0.25, -0.2) is 9.97 Å². The van der Waals surface area contributed by atoms with Crippen LogP contribution in [0.3, 0.4) is 0 Å². The highest BCUT2D eigenvalue weighted by Gasteiger charge is 2.17. The molecule has 1 aromatic heterocycles. The fourth-order valence-electron chi connectivity index (χ4n) is 2.31. The van der Waals surface area contributed by atoms with Gasteiger partial charge >= 0.3 is 0 Å². The largest absolute Gasteiger partial charge is 0.344 e. The molecule has 0 amide bonds. The Labute approximate surface area is 96.9 Å². The van der Waals surface area contributed by atoms with E-state index in [9.17, 15) is 0 Å². The number of rotatable bonds is 4. The van der Waals surface area contributed by atoms with Crippen LogP contribution in [-0.2, 0) is 6.54 Å². The van der Waals surface area contributed by atoms with E-state index >= 15 is 0 Å². The van der Waals surface area contributed by atoms with Gasteiger partial charge in [0.15, 0.2) is 0 Å². The molecule has 0 bridgehead atoms. The smallest absolute Gasteiger partial charge is 0.225 e. The summed E-state index contributed by atoms with van der Waals surface area (Å²) in [6.07, 6.45) is 9.09. The number of aromatic nitrogens is 2. The summed E-state index contributed by atoms with van der Waals surface area (Å²) in [4.78, 5) is 10.8. The van der Waals surface area contributed by atoms with Gasteiger partial charge < -0.3 is 10.6 Å². The van der Waals surface area contributed by atoms with Crippen molar-refractivity contribution in [1.29, 1.82) is 0 Å². The van der Waals surface area contributed by atoms with Crippen molar-refractivity contribution in [2.24, 2.45) is 11.7 Å². The van der Waals surface area contributed by atoms with Crippen molar-refractivity contribution >= 4 is 5.95 Å². The lowest BCUT2D eigenvalue weighted by molar-refractivity contribution is 0.542. The standard InChI is InChI=1S/C12H20N4/c1-16(9-10-4-2-3-5-10)12-14-7-11(6-13)8-15-12/h7-8,10H,2-6,9,13H2,1H3. The predicted molar refractivity (Wildman–Crippen MR) is 65.2 cm³/mol. The van der Waals surface area contributed by atoms with E-state index in [2.05, 4.69) is 21.9 Å². The van der Waals surface area contributed by atoms with Crippen molar-refractivity contribution in [3.8, 4) is 0 Å². The van der Waals surface area contributed by atoms with Gasteiger partial charge in [-0.3, -0.25) is 0 Å². The SMILES string of the molecule is CN(CC1CCCC1)c1ncc(CN)cn1. The zero-order valence-electron chi connectivity index (χ0n) is 9.89. The second-order valence-corrected chi connectivity index (χ2v) is 4.63. The van der Waals surface area contributed by atoms with E-state index in [1.54, 1.807) is 0 Å². The monoisotopic (exact) mass is 220 g/mol. The van der Waals surface area contributed by atoms with Crippen LogP contribution in [0.25, 0.3) is 0 Å². The first-order valence-electron chi connectivity index (χ1n) is 6.01. The third-order valence-electron chi connectivity index (χ3n) is 3.28. The van der Waals surface area contributed by atoms with Gasteiger partial charge in [0, 0.05) is 38.1 Å². The van der Waals surface area contributed by atoms with Crippen LogP contribution in [0.2, 0.25) is 0 Å². The Balaban J connectivity index is 1.94. The summed E-state index contributed by atoms with van der Waals surface area (Å²) in [6, 6.07) is 0. The average molecular weight is 220 g/mol. The van der Waals surface area contributed by atoms with Crippen LogP contribution in [0.4, 0.5) is 5.95 Å². The number of nitrogens with two attached hydrogens (primary N) is 1. The molecule has 88 valence electrons. The second kappa shape index (κ2) is 5.25. The highest BCUT2D eigenvalue weighted by atomic mass is 15.2. The molecule has 0 aliphatic heterocycles. The van der Waals surface area contributed by atoms with Crippen molar-refractivity contribution in [1.82, 2.24) is 9.97 Å². The molecule has 1 heterocycles. The molecule has 1 aliphatic carbocycles. The van der Waals surface area contributed by atoms with Gasteiger partial charge in [-0.15, -0.1) is 0 Å². The zero-order chi connectivity index (χ0) is 11.4. The topological polar surface area (TPSA) is 55.0 Å². The Morgan fingerprint density at radius 2 is 1.94 bits per heavy atom. The fourth-order valence-corrected chi connectivity index (χ4v) is 2.31. The van der Waals surface area contributed by atoms with Crippen LogP contribution in [-0.4, -0.2) is 23.6 Å². The first-order chi connectivity index (χ1) is 7.79. The minimum Gasteiger partial charge on any atom is -0.344 e. The molecule has 1 aromatic rings. The number of hydrogen-bond acceptors (Lipinski definition) is 4. The summed E-state index contributed by atoms with van der Waals surface area (Å²) in [6.45, 7) is 1.58. The fraction of sp³-hybridized carbons (Fsp3) is 0.667. The molecule has 1 aliphatic rings. The minimum absolute atomic E-state index is 0.507. The Bertz CT molecular complexity index is 316. The Morgan fingerprint density at radius 3 is 2.50 bits per heavy atom. The van der Waals surface area contributed by atoms with Crippen LogP contribution >= 0.6 is 0 Å². The summed E-state index contributed by atoms with van der Waals surface area (Å²) in [7, 11) is 2.07. The van der Waals surface area contributed by atoms with E-state index in [4.69, 9.17) is 5.73 Å². The highest BCUT2D eigenvalue weighted by Crippen LogP contribution is 2.25. The maximum atomic E-state index is 5.51. The molecule has 16 heavy (non-hydrogen) atoms. The summed E-state index contributed by atoms with van der Waals surface area (Å²) in [5, 5.41) is 0. The lowest BCUT2D eigenvalue weighted by Crippen LogP contribution is -2.25. The van der Waals surface area contributed by atoms with E-state index < -0.39 is 0 Å². The van der Waals surface area contributed by atoms with Crippen LogP contribution in [0.15, 0.2) is 12.4 Å². The van der Waals surface area contributed by atoms with Crippen molar-refractivity contribution in [2.45, 2.75) is 32.2 Å². The molecule has 4 heteroatoms. The van der Waals surface area contributed by atoms with Crippen molar-refractivity contribution in [3.05, 3.63) is 18.0 Å². The molecule has 2 N–H and O–H groups in total. The van der Waals surface area contributed by atoms with Gasteiger partial charge in [-0.05, 0) is 18.8 Å². The third-order valence-corrected chi connectivity index (χ3v) is 3.28. The molecular weight excluding hydrogens is 200 g/mol. The van der Waals surface area contributed by atoms with Crippen molar-refractivity contribution < 1.29 is 0 Å². The van der Waals surface area contributed by atoms with Gasteiger partial charge in [0.05, 0.1) is 0 Å². The molecule has 0 radical (unpaired) electrons. The maximum Gasteiger partial charge on any atom is 0.225 e. The first-order valence-corrected chi connectivity index (χ1v) is 6.01. The lowest BCUT2D eigenvalue weighted by Gasteiger charge is -2.20. The van der Waals surface area contributed by atoms with Crippen molar-refractivity contribution in [2.75, 3.05) is 18.5 Å². The van der Waals surface area contributed by atoms with Gasteiger partial charge in [0.2, 0.25) is 5.95 Å². The van der Waals surface area contributed by atoms with Crippen LogP contribution in [0, 0.1) is 5.92 Å². The van der Waals surface area contributed by atoms with Gasteiger partial charge in [-0.1, -0.05) is 12.8 Å². The zero-order valence-corrected chi connectivity index (χ0v) is 9.89. The van der Waals surface area contributed by atoms with E-state index in [0.717, 1.165) is 24.0 Å². The molecule has 1 fully saturated rings. The number of nitrogens with zero attached hydrogens (tertiary/aromatic N) is 3. The summed E-state index contributed by atoms with van der Waals surface area (Å²) in [5.74, 6) is 1.63. The van der Waals surface area contributed by atoms with Gasteiger partial charge in [0.25, 0.3) is 0 Å². The Kier molecular flexibility index (Phi) is 3.72. The molecule has 0 aromatic carbocycles. The molecule has 0 unspecified atom stereocenters. The van der Waals surface area contributed by atoms with Crippen LogP contribution in [0.1, 0.15) is 31.2 Å². The Hall–Kier alpha value is -1.16. The molecule has 1 saturated carbocycles. The average Bonchev–Trinajstić information content (AvgIpc) is 2.82. The predicted octanol–water partition coefficient (Wildman–Crippen LogP) is 1.56. The van der Waals surface area contributed by atoms with E-state index in [1.165, 1.54) is 25.7 Å². The third kappa shape index (κ3) is 2.70. The molecule has 0 spiro atoms. The minimum atomic E-state index is 0.507. The first kappa shape index (κ1) is 11.3. The summed E-state index contributed by atoms with van der Waals surface area (Å²) >= 11 is 0. The Morgan fingerprint density at radius 1 is 1.31 bits per heavy atom. The quantitative estimate of drug-likeness (QED) is 0.836. The summed E-state index contributed by atoms with van der Waals surface area (Å²) < 4.78 is 0. The summed E-state index contributed by atoms with van der Waals surface area (Å²) in [5.41, 5.74) is 6.50. The molecular formula is C12H20N4. The second-order valence-electron chi connectivity index (χ2n) is 4.63. The number of anilines is 1.